The lowest BCUT2D eigenvalue weighted by molar-refractivity contribution is -0.164. The first kappa shape index (κ1) is 51.1. The van der Waals surface area contributed by atoms with Crippen molar-refractivity contribution in [3.05, 3.63) is 99.6 Å². The number of ketones is 1. The Bertz CT molecular complexity index is 2420. The number of halogens is 1. The van der Waals surface area contributed by atoms with Crippen molar-refractivity contribution in [2.45, 2.75) is 124 Å². The van der Waals surface area contributed by atoms with E-state index >= 15 is 0 Å². The molecular formula is C52H64ClN5O8S. The number of rotatable bonds is 19. The van der Waals surface area contributed by atoms with Crippen molar-refractivity contribution in [3.63, 3.8) is 0 Å². The third-order valence-corrected chi connectivity index (χ3v) is 14.4. The van der Waals surface area contributed by atoms with Gasteiger partial charge in [-0.2, -0.15) is 5.26 Å². The number of unbranched alkanes of at least 4 members (excludes halogenated alkanes) is 1. The number of likely N-dealkylation sites (tertiary alicyclic amines) is 1. The Morgan fingerprint density at radius 1 is 0.985 bits per heavy atom. The minimum absolute atomic E-state index is 0.0154. The van der Waals surface area contributed by atoms with Gasteiger partial charge in [0.05, 0.1) is 45.4 Å². The first-order chi connectivity index (χ1) is 31.6. The number of aliphatic hydroxyl groups is 1. The smallest absolute Gasteiger partial charge is 0.251 e. The van der Waals surface area contributed by atoms with E-state index in [1.807, 2.05) is 64.4 Å². The summed E-state index contributed by atoms with van der Waals surface area (Å²) in [6, 6.07) is 20.2. The monoisotopic (exact) mass is 953 g/mol. The minimum atomic E-state index is -0.944. The Kier molecular flexibility index (Phi) is 16.2. The van der Waals surface area contributed by atoms with Crippen molar-refractivity contribution < 1.29 is 38.5 Å². The Hall–Kier alpha value is -5.33. The van der Waals surface area contributed by atoms with Crippen molar-refractivity contribution in [2.24, 2.45) is 16.2 Å². The number of amides is 3. The molecule has 3 amide bonds. The Balaban J connectivity index is 0.906. The molecule has 2 fully saturated rings. The van der Waals surface area contributed by atoms with E-state index in [1.165, 1.54) is 4.90 Å². The highest BCUT2D eigenvalue weighted by Gasteiger charge is 2.64. The van der Waals surface area contributed by atoms with Crippen LogP contribution >= 0.6 is 22.9 Å². The average Bonchev–Trinajstić information content (AvgIpc) is 3.90. The van der Waals surface area contributed by atoms with E-state index in [9.17, 15) is 29.5 Å². The predicted octanol–water partition coefficient (Wildman–Crippen LogP) is 8.69. The number of carbonyl (C=O) groups excluding carboxylic acids is 4. The maximum Gasteiger partial charge on any atom is 0.251 e. The molecule has 358 valence electrons. The third-order valence-electron chi connectivity index (χ3n) is 13.1. The summed E-state index contributed by atoms with van der Waals surface area (Å²) in [6.07, 6.45) is 0.561. The number of Topliss-reactive ketones (excluding diaryl/α,β-unsaturated/α-hetero) is 1. The summed E-state index contributed by atoms with van der Waals surface area (Å²) in [5.74, 6) is -0.104. The van der Waals surface area contributed by atoms with Gasteiger partial charge in [0.15, 0.2) is 5.78 Å². The number of hydrogen-bond donors (Lipinski definition) is 3. The SMILES string of the molecule is Cc1ncsc1-c1ccc([C@@H](C)CC(=O)[C@@H]2C[C@@H](O)CN2C(=O)[C@@H](NC(=O)COCCCCOc2ccc(C(=O)NC3C(C)(C)C(Oc4ccc(C#N)c(Cl)c4)C3(C)C)cc2)C(C)(C)C)cc1. The highest BCUT2D eigenvalue weighted by molar-refractivity contribution is 7.13. The van der Waals surface area contributed by atoms with Crippen LogP contribution in [0.4, 0.5) is 0 Å². The molecule has 3 aromatic carbocycles. The van der Waals surface area contributed by atoms with E-state index in [0.717, 1.165) is 21.7 Å². The van der Waals surface area contributed by atoms with Crippen LogP contribution in [0.1, 0.15) is 114 Å². The minimum Gasteiger partial charge on any atom is -0.494 e. The molecule has 13 nitrogen and oxygen atoms in total. The first-order valence-corrected chi connectivity index (χ1v) is 24.2. The summed E-state index contributed by atoms with van der Waals surface area (Å²) in [5, 5.41) is 26.2. The van der Waals surface area contributed by atoms with Crippen molar-refractivity contribution in [2.75, 3.05) is 26.4 Å². The quantitative estimate of drug-likeness (QED) is 0.0770. The van der Waals surface area contributed by atoms with Gasteiger partial charge < -0.3 is 34.9 Å². The molecule has 4 aromatic rings. The molecule has 0 radical (unpaired) electrons. The number of carbonyl (C=O) groups is 4. The molecule has 3 N–H and O–H groups in total. The number of thiazole rings is 1. The van der Waals surface area contributed by atoms with Gasteiger partial charge in [-0.3, -0.25) is 19.2 Å². The summed E-state index contributed by atoms with van der Waals surface area (Å²) >= 11 is 7.82. The maximum atomic E-state index is 14.1. The van der Waals surface area contributed by atoms with Gasteiger partial charge in [-0.15, -0.1) is 11.3 Å². The molecular weight excluding hydrogens is 890 g/mol. The number of hydrogen-bond acceptors (Lipinski definition) is 11. The molecule has 1 aliphatic heterocycles. The van der Waals surface area contributed by atoms with Gasteiger partial charge in [-0.1, -0.05) is 91.3 Å². The predicted molar refractivity (Wildman–Crippen MR) is 259 cm³/mol. The lowest BCUT2D eigenvalue weighted by atomic mass is 9.49. The molecule has 6 rings (SSSR count). The molecule has 1 saturated heterocycles. The number of β-amino-alcohol motifs (C(OH)–C–C–N with tert-alkyl or cyclic N) is 1. The van der Waals surface area contributed by atoms with Gasteiger partial charge >= 0.3 is 0 Å². The summed E-state index contributed by atoms with van der Waals surface area (Å²) < 4.78 is 17.9. The van der Waals surface area contributed by atoms with E-state index in [1.54, 1.807) is 53.8 Å². The molecule has 67 heavy (non-hydrogen) atoms. The number of nitriles is 1. The van der Waals surface area contributed by atoms with Gasteiger partial charge in [-0.05, 0) is 78.6 Å². The number of benzene rings is 3. The van der Waals surface area contributed by atoms with Crippen molar-refractivity contribution in [1.29, 1.82) is 5.26 Å². The normalized spacial score (nSPS) is 20.5. The summed E-state index contributed by atoms with van der Waals surface area (Å²) in [4.78, 5) is 61.2. The summed E-state index contributed by atoms with van der Waals surface area (Å²) in [7, 11) is 0. The highest BCUT2D eigenvalue weighted by Crippen LogP contribution is 2.55. The second-order valence-corrected chi connectivity index (χ2v) is 21.4. The molecule has 0 bridgehead atoms. The van der Waals surface area contributed by atoms with Crippen LogP contribution in [0.2, 0.25) is 5.02 Å². The van der Waals surface area contributed by atoms with E-state index in [4.69, 9.17) is 25.8 Å². The number of nitrogens with zero attached hydrogens (tertiary/aromatic N) is 3. The van der Waals surface area contributed by atoms with Gasteiger partial charge in [-0.25, -0.2) is 4.98 Å². The zero-order chi connectivity index (χ0) is 48.8. The first-order valence-electron chi connectivity index (χ1n) is 22.9. The van der Waals surface area contributed by atoms with Crippen LogP contribution in [0, 0.1) is 34.5 Å². The molecule has 1 aliphatic carbocycles. The Morgan fingerprint density at radius 2 is 1.64 bits per heavy atom. The lowest BCUT2D eigenvalue weighted by Crippen LogP contribution is -2.74. The van der Waals surface area contributed by atoms with Gasteiger partial charge in [0.2, 0.25) is 11.8 Å². The van der Waals surface area contributed by atoms with Crippen LogP contribution in [0.15, 0.2) is 72.2 Å². The lowest BCUT2D eigenvalue weighted by Gasteiger charge is -2.63. The van der Waals surface area contributed by atoms with Crippen LogP contribution in [0.5, 0.6) is 11.5 Å². The number of aryl methyl sites for hydroxylation is 1. The van der Waals surface area contributed by atoms with Crippen LogP contribution in [0.25, 0.3) is 10.4 Å². The molecule has 15 heteroatoms. The van der Waals surface area contributed by atoms with Crippen LogP contribution in [-0.2, 0) is 19.1 Å². The molecule has 0 spiro atoms. The number of aromatic nitrogens is 1. The van der Waals surface area contributed by atoms with E-state index in [-0.39, 0.29) is 55.7 Å². The molecule has 4 atom stereocenters. The summed E-state index contributed by atoms with van der Waals surface area (Å²) in [6.45, 7) is 18.2. The maximum absolute atomic E-state index is 14.1. The largest absolute Gasteiger partial charge is 0.494 e. The van der Waals surface area contributed by atoms with E-state index in [2.05, 4.69) is 49.4 Å². The molecule has 1 saturated carbocycles. The zero-order valence-electron chi connectivity index (χ0n) is 40.0. The third kappa shape index (κ3) is 12.0. The number of aliphatic hydroxyl groups excluding tert-OH is 1. The molecule has 2 aliphatic rings. The van der Waals surface area contributed by atoms with E-state index < -0.39 is 46.2 Å². The standard InChI is InChI=1S/C52H64ClN5O8S/c1-31(33-12-14-34(15-13-33)44-32(2)55-30-67-44)24-42(60)41-25-37(59)28-58(41)47(63)45(50(3,4)5)56-43(61)29-64-22-10-11-23-65-38-19-16-35(17-20-38)46(62)57-48-51(6,7)49(52(48,8)9)66-39-21-18-36(27-54)40(53)26-39/h12-21,26,30-31,37,41,45,48-49,59H,10-11,22-25,28-29H2,1-9H3,(H,56,61)(H,57,62)/t31-,37+,41-,45+,48?,49?/m0/s1. The van der Waals surface area contributed by atoms with Crippen molar-refractivity contribution in [3.8, 4) is 28.0 Å². The van der Waals surface area contributed by atoms with Crippen LogP contribution in [0.3, 0.4) is 0 Å². The summed E-state index contributed by atoms with van der Waals surface area (Å²) in [5.41, 5.74) is 4.28. The van der Waals surface area contributed by atoms with Crippen LogP contribution in [-0.4, -0.2) is 95.2 Å². The van der Waals surface area contributed by atoms with Gasteiger partial charge in [0.25, 0.3) is 5.91 Å². The van der Waals surface area contributed by atoms with Gasteiger partial charge in [0.1, 0.15) is 36.3 Å². The Morgan fingerprint density at radius 3 is 2.25 bits per heavy atom. The van der Waals surface area contributed by atoms with Crippen LogP contribution < -0.4 is 20.1 Å². The Labute approximate surface area is 403 Å². The zero-order valence-corrected chi connectivity index (χ0v) is 41.6. The average molecular weight is 955 g/mol. The molecule has 0 unspecified atom stereocenters. The van der Waals surface area contributed by atoms with Crippen molar-refractivity contribution >= 4 is 46.4 Å². The molecule has 2 heterocycles. The topological polar surface area (TPSA) is 180 Å². The molecule has 1 aromatic heterocycles. The number of nitrogens with one attached hydrogen (secondary N) is 2. The van der Waals surface area contributed by atoms with E-state index in [0.29, 0.717) is 53.7 Å². The number of ether oxygens (including phenoxy) is 3. The van der Waals surface area contributed by atoms with Gasteiger partial charge in [0, 0.05) is 54.5 Å². The second kappa shape index (κ2) is 21.3. The van der Waals surface area contributed by atoms with Crippen molar-refractivity contribution in [1.82, 2.24) is 20.5 Å². The fraction of sp³-hybridized carbons (Fsp3) is 0.500. The second-order valence-electron chi connectivity index (χ2n) is 20.2. The highest BCUT2D eigenvalue weighted by atomic mass is 35.5. The fourth-order valence-electron chi connectivity index (χ4n) is 9.65. The fourth-order valence-corrected chi connectivity index (χ4v) is 10.7.